The zero-order valence-electron chi connectivity index (χ0n) is 14.4. The summed E-state index contributed by atoms with van der Waals surface area (Å²) in [5, 5.41) is 0. The lowest BCUT2D eigenvalue weighted by Crippen LogP contribution is -2.48. The van der Waals surface area contributed by atoms with Crippen molar-refractivity contribution in [3.8, 4) is 11.5 Å². The molecule has 1 unspecified atom stereocenters. The summed E-state index contributed by atoms with van der Waals surface area (Å²) in [5.74, 6) is 1.51. The van der Waals surface area contributed by atoms with Crippen molar-refractivity contribution in [1.82, 2.24) is 4.90 Å². The molecule has 2 aliphatic rings. The van der Waals surface area contributed by atoms with Gasteiger partial charge < -0.3 is 14.4 Å². The zero-order chi connectivity index (χ0) is 17.2. The highest BCUT2D eigenvalue weighted by atomic mass is 16.6. The Morgan fingerprint density at radius 1 is 1.16 bits per heavy atom. The molecule has 2 amide bonds. The van der Waals surface area contributed by atoms with Gasteiger partial charge in [0.1, 0.15) is 6.61 Å². The Labute approximate surface area is 147 Å². The molecule has 25 heavy (non-hydrogen) atoms. The molecule has 0 bridgehead atoms. The summed E-state index contributed by atoms with van der Waals surface area (Å²) in [6.07, 6.45) is 0.757. The van der Waals surface area contributed by atoms with Crippen LogP contribution in [0.5, 0.6) is 11.5 Å². The van der Waals surface area contributed by atoms with E-state index < -0.39 is 0 Å². The lowest BCUT2D eigenvalue weighted by atomic mass is 10.2. The van der Waals surface area contributed by atoms with Crippen LogP contribution in [0, 0.1) is 0 Å². The van der Waals surface area contributed by atoms with Crippen LogP contribution >= 0.6 is 0 Å². The molecule has 1 atom stereocenters. The second-order valence-electron chi connectivity index (χ2n) is 6.35. The van der Waals surface area contributed by atoms with Crippen molar-refractivity contribution in [2.75, 3.05) is 31.1 Å². The third-order valence-corrected chi connectivity index (χ3v) is 4.76. The van der Waals surface area contributed by atoms with Crippen LogP contribution in [-0.4, -0.2) is 43.3 Å². The number of urea groups is 1. The van der Waals surface area contributed by atoms with Gasteiger partial charge in [-0.25, -0.2) is 4.79 Å². The Kier molecular flexibility index (Phi) is 4.22. The number of carbonyl (C=O) groups excluding carboxylic acids is 1. The normalized spacial score (nSPS) is 18.0. The van der Waals surface area contributed by atoms with Crippen molar-refractivity contribution in [3.63, 3.8) is 0 Å². The van der Waals surface area contributed by atoms with E-state index in [9.17, 15) is 4.79 Å². The van der Waals surface area contributed by atoms with Crippen LogP contribution in [0.4, 0.5) is 10.5 Å². The van der Waals surface area contributed by atoms with E-state index in [0.29, 0.717) is 19.7 Å². The highest BCUT2D eigenvalue weighted by molar-refractivity contribution is 5.94. The van der Waals surface area contributed by atoms with E-state index in [-0.39, 0.29) is 12.1 Å². The first kappa shape index (κ1) is 15.8. The maximum Gasteiger partial charge on any atom is 0.324 e. The maximum atomic E-state index is 13.0. The average molecular weight is 338 g/mol. The molecule has 2 aromatic carbocycles. The summed E-state index contributed by atoms with van der Waals surface area (Å²) in [5.41, 5.74) is 2.26. The number of nitrogens with zero attached hydrogens (tertiary/aromatic N) is 2. The Hall–Kier alpha value is -2.69. The number of hydrogen-bond donors (Lipinski definition) is 0. The van der Waals surface area contributed by atoms with Crippen LogP contribution in [0.15, 0.2) is 48.5 Å². The SMILES string of the molecule is CCN(CC1COc2ccccc2O1)C(=O)N1CCc2ccccc21. The van der Waals surface area contributed by atoms with E-state index in [1.54, 1.807) is 0 Å². The predicted octanol–water partition coefficient (Wildman–Crippen LogP) is 3.33. The van der Waals surface area contributed by atoms with Crippen molar-refractivity contribution in [2.45, 2.75) is 19.4 Å². The molecule has 0 radical (unpaired) electrons. The number of fused-ring (bicyclic) bond motifs is 2. The number of hydrogen-bond acceptors (Lipinski definition) is 3. The van der Waals surface area contributed by atoms with Crippen molar-refractivity contribution >= 4 is 11.7 Å². The lowest BCUT2D eigenvalue weighted by molar-refractivity contribution is 0.0685. The first-order valence-electron chi connectivity index (χ1n) is 8.79. The number of anilines is 1. The van der Waals surface area contributed by atoms with E-state index in [0.717, 1.165) is 30.2 Å². The third-order valence-electron chi connectivity index (χ3n) is 4.76. The van der Waals surface area contributed by atoms with Gasteiger partial charge in [-0.2, -0.15) is 0 Å². The van der Waals surface area contributed by atoms with Gasteiger partial charge in [-0.1, -0.05) is 30.3 Å². The first-order valence-corrected chi connectivity index (χ1v) is 8.79. The molecule has 2 aliphatic heterocycles. The van der Waals surface area contributed by atoms with Gasteiger partial charge in [0.2, 0.25) is 0 Å². The summed E-state index contributed by atoms with van der Waals surface area (Å²) in [4.78, 5) is 16.7. The van der Waals surface area contributed by atoms with Crippen molar-refractivity contribution in [1.29, 1.82) is 0 Å². The number of para-hydroxylation sites is 3. The number of benzene rings is 2. The van der Waals surface area contributed by atoms with Crippen molar-refractivity contribution in [3.05, 3.63) is 54.1 Å². The molecule has 4 rings (SSSR count). The summed E-state index contributed by atoms with van der Waals surface area (Å²) in [6, 6.07) is 15.8. The molecule has 2 heterocycles. The van der Waals surface area contributed by atoms with Gasteiger partial charge in [-0.3, -0.25) is 4.90 Å². The third kappa shape index (κ3) is 3.02. The minimum absolute atomic E-state index is 0.0370. The van der Waals surface area contributed by atoms with Gasteiger partial charge in [0.25, 0.3) is 0 Å². The second-order valence-corrected chi connectivity index (χ2v) is 6.35. The molecule has 130 valence electrons. The number of likely N-dealkylation sites (N-methyl/N-ethyl adjacent to an activating group) is 1. The highest BCUT2D eigenvalue weighted by Gasteiger charge is 2.30. The second kappa shape index (κ2) is 6.67. The number of carbonyl (C=O) groups is 1. The van der Waals surface area contributed by atoms with Gasteiger partial charge in [0, 0.05) is 18.8 Å². The maximum absolute atomic E-state index is 13.0. The van der Waals surface area contributed by atoms with Gasteiger partial charge in [0.15, 0.2) is 17.6 Å². The largest absolute Gasteiger partial charge is 0.486 e. The van der Waals surface area contributed by atoms with Crippen molar-refractivity contribution < 1.29 is 14.3 Å². The molecule has 0 saturated carbocycles. The fourth-order valence-corrected chi connectivity index (χ4v) is 3.45. The van der Waals surface area contributed by atoms with Crippen LogP contribution in [0.1, 0.15) is 12.5 Å². The molecule has 0 aliphatic carbocycles. The minimum Gasteiger partial charge on any atom is -0.486 e. The lowest BCUT2D eigenvalue weighted by Gasteiger charge is -2.33. The summed E-state index contributed by atoms with van der Waals surface area (Å²) in [6.45, 7) is 4.34. The van der Waals surface area contributed by atoms with Crippen LogP contribution in [-0.2, 0) is 6.42 Å². The number of amides is 2. The Bertz CT molecular complexity index is 777. The molecule has 0 aromatic heterocycles. The molecular weight excluding hydrogens is 316 g/mol. The molecule has 0 spiro atoms. The van der Waals surface area contributed by atoms with Crippen molar-refractivity contribution in [2.24, 2.45) is 0 Å². The highest BCUT2D eigenvalue weighted by Crippen LogP contribution is 2.32. The molecule has 0 fully saturated rings. The standard InChI is InChI=1S/C20H22N2O3/c1-2-21(13-16-14-24-18-9-5-6-10-19(18)25-16)20(23)22-12-11-15-7-3-4-8-17(15)22/h3-10,16H,2,11-14H2,1H3. The van der Waals surface area contributed by atoms with Gasteiger partial charge in [0.05, 0.1) is 6.54 Å². The molecule has 0 saturated heterocycles. The Morgan fingerprint density at radius 2 is 1.92 bits per heavy atom. The smallest absolute Gasteiger partial charge is 0.324 e. The first-order chi connectivity index (χ1) is 12.3. The molecule has 5 heteroatoms. The van der Waals surface area contributed by atoms with Crippen LogP contribution in [0.25, 0.3) is 0 Å². The topological polar surface area (TPSA) is 42.0 Å². The molecular formula is C20H22N2O3. The van der Waals surface area contributed by atoms with E-state index in [1.165, 1.54) is 5.56 Å². The summed E-state index contributed by atoms with van der Waals surface area (Å²) < 4.78 is 11.8. The zero-order valence-corrected chi connectivity index (χ0v) is 14.4. The molecule has 2 aromatic rings. The average Bonchev–Trinajstić information content (AvgIpc) is 3.09. The Morgan fingerprint density at radius 3 is 2.76 bits per heavy atom. The van der Waals surface area contributed by atoms with E-state index in [2.05, 4.69) is 6.07 Å². The molecule has 5 nitrogen and oxygen atoms in total. The van der Waals surface area contributed by atoms with E-state index in [1.807, 2.05) is 59.2 Å². The van der Waals surface area contributed by atoms with E-state index >= 15 is 0 Å². The number of ether oxygens (including phenoxy) is 2. The number of rotatable bonds is 3. The minimum atomic E-state index is -0.156. The van der Waals surface area contributed by atoms with Gasteiger partial charge in [-0.05, 0) is 37.1 Å². The fourth-order valence-electron chi connectivity index (χ4n) is 3.45. The summed E-state index contributed by atoms with van der Waals surface area (Å²) >= 11 is 0. The van der Waals surface area contributed by atoms with Crippen LogP contribution < -0.4 is 14.4 Å². The van der Waals surface area contributed by atoms with E-state index in [4.69, 9.17) is 9.47 Å². The quantitative estimate of drug-likeness (QED) is 0.862. The monoisotopic (exact) mass is 338 g/mol. The van der Waals surface area contributed by atoms with Gasteiger partial charge in [-0.15, -0.1) is 0 Å². The fraction of sp³-hybridized carbons (Fsp3) is 0.350. The predicted molar refractivity (Wildman–Crippen MR) is 96.5 cm³/mol. The van der Waals surface area contributed by atoms with Crippen LogP contribution in [0.2, 0.25) is 0 Å². The van der Waals surface area contributed by atoms with Crippen LogP contribution in [0.3, 0.4) is 0 Å². The summed E-state index contributed by atoms with van der Waals surface area (Å²) in [7, 11) is 0. The molecule has 0 N–H and O–H groups in total. The Balaban J connectivity index is 1.46. The van der Waals surface area contributed by atoms with Gasteiger partial charge >= 0.3 is 6.03 Å².